The van der Waals surface area contributed by atoms with Gasteiger partial charge in [-0.2, -0.15) is 0 Å². The zero-order chi connectivity index (χ0) is 11.4. The first-order valence-electron chi connectivity index (χ1n) is 6.00. The summed E-state index contributed by atoms with van der Waals surface area (Å²) in [5, 5.41) is 3.37. The van der Waals surface area contributed by atoms with Crippen molar-refractivity contribution in [2.75, 3.05) is 20.3 Å². The molecule has 1 aliphatic heterocycles. The molecule has 3 nitrogen and oxygen atoms in total. The van der Waals surface area contributed by atoms with Crippen LogP contribution in [0, 0.1) is 12.8 Å². The van der Waals surface area contributed by atoms with Crippen molar-refractivity contribution in [3.8, 4) is 0 Å². The van der Waals surface area contributed by atoms with E-state index < -0.39 is 0 Å². The summed E-state index contributed by atoms with van der Waals surface area (Å²) in [7, 11) is 2.00. The topological polar surface area (TPSA) is 34.2 Å². The van der Waals surface area contributed by atoms with Gasteiger partial charge in [0.1, 0.15) is 0 Å². The summed E-state index contributed by atoms with van der Waals surface area (Å²) < 4.78 is 5.55. The third-order valence-corrected chi connectivity index (χ3v) is 3.21. The van der Waals surface area contributed by atoms with Crippen molar-refractivity contribution < 1.29 is 4.74 Å². The molecule has 0 radical (unpaired) electrons. The van der Waals surface area contributed by atoms with Crippen molar-refractivity contribution in [3.63, 3.8) is 0 Å². The first kappa shape index (κ1) is 11.6. The fourth-order valence-electron chi connectivity index (χ4n) is 2.39. The summed E-state index contributed by atoms with van der Waals surface area (Å²) in [6.45, 7) is 3.79. The standard InChI is InChI=1S/C13H20N2O/c1-10-5-3-7-12(15-10)13(14-2)11-6-4-8-16-9-11/h3,5,7,11,13-14H,4,6,8-9H2,1-2H3. The summed E-state index contributed by atoms with van der Waals surface area (Å²) in [5.74, 6) is 0.549. The van der Waals surface area contributed by atoms with E-state index in [9.17, 15) is 0 Å². The van der Waals surface area contributed by atoms with Gasteiger partial charge in [0.15, 0.2) is 0 Å². The lowest BCUT2D eigenvalue weighted by atomic mass is 9.91. The number of hydrogen-bond donors (Lipinski definition) is 1. The van der Waals surface area contributed by atoms with Crippen LogP contribution in [0.15, 0.2) is 18.2 Å². The van der Waals surface area contributed by atoms with Crippen molar-refractivity contribution in [2.45, 2.75) is 25.8 Å². The molecule has 1 fully saturated rings. The summed E-state index contributed by atoms with van der Waals surface area (Å²) in [5.41, 5.74) is 2.22. The van der Waals surface area contributed by atoms with Gasteiger partial charge in [-0.3, -0.25) is 4.98 Å². The predicted molar refractivity (Wildman–Crippen MR) is 64.3 cm³/mol. The maximum Gasteiger partial charge on any atom is 0.0580 e. The highest BCUT2D eigenvalue weighted by Crippen LogP contribution is 2.27. The number of aromatic nitrogens is 1. The van der Waals surface area contributed by atoms with Crippen LogP contribution in [0.2, 0.25) is 0 Å². The van der Waals surface area contributed by atoms with Gasteiger partial charge in [0.05, 0.1) is 18.3 Å². The van der Waals surface area contributed by atoms with Gasteiger partial charge >= 0.3 is 0 Å². The quantitative estimate of drug-likeness (QED) is 0.847. The van der Waals surface area contributed by atoms with Gasteiger partial charge in [-0.25, -0.2) is 0 Å². The largest absolute Gasteiger partial charge is 0.381 e. The van der Waals surface area contributed by atoms with Gasteiger partial charge < -0.3 is 10.1 Å². The van der Waals surface area contributed by atoms with E-state index in [0.717, 1.165) is 31.0 Å². The average Bonchev–Trinajstić information content (AvgIpc) is 2.31. The number of ether oxygens (including phenoxy) is 1. The van der Waals surface area contributed by atoms with Gasteiger partial charge in [-0.15, -0.1) is 0 Å². The molecule has 2 atom stereocenters. The number of nitrogens with one attached hydrogen (secondary N) is 1. The minimum atomic E-state index is 0.320. The lowest BCUT2D eigenvalue weighted by molar-refractivity contribution is 0.0395. The third kappa shape index (κ3) is 2.60. The van der Waals surface area contributed by atoms with Gasteiger partial charge in [0.2, 0.25) is 0 Å². The minimum Gasteiger partial charge on any atom is -0.381 e. The van der Waals surface area contributed by atoms with Gasteiger partial charge in [-0.1, -0.05) is 6.07 Å². The monoisotopic (exact) mass is 220 g/mol. The highest BCUT2D eigenvalue weighted by molar-refractivity contribution is 5.14. The van der Waals surface area contributed by atoms with Crippen molar-refractivity contribution in [3.05, 3.63) is 29.6 Å². The van der Waals surface area contributed by atoms with Crippen LogP contribution in [0.1, 0.15) is 30.3 Å². The van der Waals surface area contributed by atoms with E-state index in [1.165, 1.54) is 6.42 Å². The van der Waals surface area contributed by atoms with Gasteiger partial charge in [-0.05, 0) is 38.9 Å². The fourth-order valence-corrected chi connectivity index (χ4v) is 2.39. The summed E-state index contributed by atoms with van der Waals surface area (Å²) in [4.78, 5) is 4.60. The molecule has 0 aliphatic carbocycles. The van der Waals surface area contributed by atoms with E-state index in [4.69, 9.17) is 4.74 Å². The molecular weight excluding hydrogens is 200 g/mol. The Morgan fingerprint density at radius 1 is 1.50 bits per heavy atom. The van der Waals surface area contributed by atoms with Gasteiger partial charge in [0, 0.05) is 18.2 Å². The van der Waals surface area contributed by atoms with Crippen LogP contribution in [-0.2, 0) is 4.74 Å². The van der Waals surface area contributed by atoms with E-state index in [0.29, 0.717) is 12.0 Å². The Morgan fingerprint density at radius 2 is 2.38 bits per heavy atom. The lowest BCUT2D eigenvalue weighted by Gasteiger charge is -2.29. The summed E-state index contributed by atoms with van der Waals surface area (Å²) in [6.07, 6.45) is 2.38. The molecule has 0 aromatic carbocycles. The van der Waals surface area contributed by atoms with Crippen LogP contribution in [0.4, 0.5) is 0 Å². The van der Waals surface area contributed by atoms with E-state index in [1.54, 1.807) is 0 Å². The number of hydrogen-bond acceptors (Lipinski definition) is 3. The Kier molecular flexibility index (Phi) is 3.91. The molecule has 1 aromatic rings. The molecule has 1 aliphatic rings. The zero-order valence-electron chi connectivity index (χ0n) is 10.1. The first-order valence-corrected chi connectivity index (χ1v) is 6.00. The van der Waals surface area contributed by atoms with E-state index >= 15 is 0 Å². The van der Waals surface area contributed by atoms with Crippen LogP contribution in [-0.4, -0.2) is 25.2 Å². The third-order valence-electron chi connectivity index (χ3n) is 3.21. The SMILES string of the molecule is CNC(c1cccc(C)n1)C1CCCOC1. The Balaban J connectivity index is 2.14. The Morgan fingerprint density at radius 3 is 3.00 bits per heavy atom. The van der Waals surface area contributed by atoms with Crippen LogP contribution < -0.4 is 5.32 Å². The van der Waals surface area contributed by atoms with E-state index in [-0.39, 0.29) is 0 Å². The Hall–Kier alpha value is -0.930. The number of nitrogens with zero attached hydrogens (tertiary/aromatic N) is 1. The molecule has 1 N–H and O–H groups in total. The highest BCUT2D eigenvalue weighted by atomic mass is 16.5. The van der Waals surface area contributed by atoms with Crippen molar-refractivity contribution >= 4 is 0 Å². The normalized spacial score (nSPS) is 23.0. The number of rotatable bonds is 3. The second-order valence-electron chi connectivity index (χ2n) is 4.45. The first-order chi connectivity index (χ1) is 7.81. The maximum absolute atomic E-state index is 5.55. The zero-order valence-corrected chi connectivity index (χ0v) is 10.1. The highest BCUT2D eigenvalue weighted by Gasteiger charge is 2.25. The molecule has 2 unspecified atom stereocenters. The predicted octanol–water partition coefficient (Wildman–Crippen LogP) is 2.08. The number of pyridine rings is 1. The van der Waals surface area contributed by atoms with Crippen molar-refractivity contribution in [1.29, 1.82) is 0 Å². The van der Waals surface area contributed by atoms with Crippen LogP contribution in [0.5, 0.6) is 0 Å². The fraction of sp³-hybridized carbons (Fsp3) is 0.615. The van der Waals surface area contributed by atoms with Gasteiger partial charge in [0.25, 0.3) is 0 Å². The summed E-state index contributed by atoms with van der Waals surface area (Å²) >= 11 is 0. The Labute approximate surface area is 97.2 Å². The molecule has 88 valence electrons. The second kappa shape index (κ2) is 5.41. The number of aryl methyl sites for hydroxylation is 1. The molecule has 0 amide bonds. The molecule has 2 rings (SSSR count). The van der Waals surface area contributed by atoms with Crippen LogP contribution in [0.3, 0.4) is 0 Å². The molecule has 3 heteroatoms. The molecule has 1 saturated heterocycles. The molecule has 0 saturated carbocycles. The molecule has 1 aromatic heterocycles. The van der Waals surface area contributed by atoms with E-state index in [1.807, 2.05) is 20.0 Å². The molecule has 0 bridgehead atoms. The second-order valence-corrected chi connectivity index (χ2v) is 4.45. The van der Waals surface area contributed by atoms with Crippen LogP contribution in [0.25, 0.3) is 0 Å². The molecule has 0 spiro atoms. The molecular formula is C13H20N2O. The average molecular weight is 220 g/mol. The van der Waals surface area contributed by atoms with E-state index in [2.05, 4.69) is 22.4 Å². The minimum absolute atomic E-state index is 0.320. The van der Waals surface area contributed by atoms with Crippen molar-refractivity contribution in [2.24, 2.45) is 5.92 Å². The van der Waals surface area contributed by atoms with Crippen molar-refractivity contribution in [1.82, 2.24) is 10.3 Å². The summed E-state index contributed by atoms with van der Waals surface area (Å²) in [6, 6.07) is 6.53. The molecule has 2 heterocycles. The maximum atomic E-state index is 5.55. The Bertz CT molecular complexity index is 334. The smallest absolute Gasteiger partial charge is 0.0580 e. The van der Waals surface area contributed by atoms with Crippen LogP contribution >= 0.6 is 0 Å². The lowest BCUT2D eigenvalue weighted by Crippen LogP contribution is -2.32. The molecule has 16 heavy (non-hydrogen) atoms.